The van der Waals surface area contributed by atoms with Gasteiger partial charge in [-0.05, 0) is 32.6 Å². The van der Waals surface area contributed by atoms with Crippen LogP contribution in [0.25, 0.3) is 0 Å². The van der Waals surface area contributed by atoms with Gasteiger partial charge in [0.15, 0.2) is 0 Å². The summed E-state index contributed by atoms with van der Waals surface area (Å²) in [6, 6.07) is 0. The first kappa shape index (κ1) is 25.5. The first-order valence-corrected chi connectivity index (χ1v) is 11.7. The van der Waals surface area contributed by atoms with Gasteiger partial charge in [0.25, 0.3) is 0 Å². The lowest BCUT2D eigenvalue weighted by molar-refractivity contribution is -0.150. The standard InChI is InChI=1S/C24H48O2/c1-5-7-8-9-10-11-12-13-14-15-16-17-18-19-21-22(20-6-2)24(3,4)23(25)26/h22H,5-21H2,1-4H3,(H,25,26). The molecule has 2 nitrogen and oxygen atoms in total. The summed E-state index contributed by atoms with van der Waals surface area (Å²) in [5.74, 6) is -0.316. The van der Waals surface area contributed by atoms with E-state index in [1.54, 1.807) is 0 Å². The normalized spacial score (nSPS) is 13.1. The molecule has 0 aliphatic carbocycles. The summed E-state index contributed by atoms with van der Waals surface area (Å²) >= 11 is 0. The fraction of sp³-hybridized carbons (Fsp3) is 0.958. The average Bonchev–Trinajstić information content (AvgIpc) is 2.60. The molecular formula is C24H48O2. The average molecular weight is 369 g/mol. The molecule has 0 amide bonds. The summed E-state index contributed by atoms with van der Waals surface area (Å²) in [4.78, 5) is 11.5. The smallest absolute Gasteiger partial charge is 0.309 e. The number of hydrogen-bond acceptors (Lipinski definition) is 1. The van der Waals surface area contributed by atoms with Gasteiger partial charge in [0.2, 0.25) is 0 Å². The number of unbranched alkanes of at least 4 members (excludes halogenated alkanes) is 13. The molecule has 0 aromatic carbocycles. The molecule has 2 heteroatoms. The van der Waals surface area contributed by atoms with Crippen molar-refractivity contribution in [3.8, 4) is 0 Å². The van der Waals surface area contributed by atoms with Crippen molar-refractivity contribution >= 4 is 5.97 Å². The molecule has 0 saturated heterocycles. The molecule has 0 bridgehead atoms. The van der Waals surface area contributed by atoms with E-state index in [2.05, 4.69) is 13.8 Å². The van der Waals surface area contributed by atoms with E-state index in [0.29, 0.717) is 5.92 Å². The lowest BCUT2D eigenvalue weighted by Gasteiger charge is -2.30. The van der Waals surface area contributed by atoms with Gasteiger partial charge in [-0.25, -0.2) is 0 Å². The summed E-state index contributed by atoms with van der Waals surface area (Å²) in [5.41, 5.74) is -0.577. The molecular weight excluding hydrogens is 320 g/mol. The van der Waals surface area contributed by atoms with Gasteiger partial charge in [-0.2, -0.15) is 0 Å². The second kappa shape index (κ2) is 16.6. The third kappa shape index (κ3) is 12.8. The Kier molecular flexibility index (Phi) is 16.3. The first-order valence-electron chi connectivity index (χ1n) is 11.7. The van der Waals surface area contributed by atoms with Crippen molar-refractivity contribution in [1.29, 1.82) is 0 Å². The van der Waals surface area contributed by atoms with Crippen molar-refractivity contribution in [3.05, 3.63) is 0 Å². The van der Waals surface area contributed by atoms with Crippen LogP contribution in [0.15, 0.2) is 0 Å². The molecule has 1 unspecified atom stereocenters. The summed E-state index contributed by atoms with van der Waals surface area (Å²) in [5, 5.41) is 9.45. The first-order chi connectivity index (χ1) is 12.5. The second-order valence-electron chi connectivity index (χ2n) is 8.90. The third-order valence-corrected chi connectivity index (χ3v) is 6.12. The molecule has 0 rings (SSSR count). The Morgan fingerprint density at radius 2 is 1.04 bits per heavy atom. The molecule has 0 aromatic heterocycles. The van der Waals surface area contributed by atoms with E-state index < -0.39 is 11.4 Å². The van der Waals surface area contributed by atoms with Crippen molar-refractivity contribution in [2.45, 2.75) is 137 Å². The molecule has 1 N–H and O–H groups in total. The van der Waals surface area contributed by atoms with Gasteiger partial charge in [-0.15, -0.1) is 0 Å². The van der Waals surface area contributed by atoms with Crippen LogP contribution in [0.3, 0.4) is 0 Å². The van der Waals surface area contributed by atoms with Crippen LogP contribution < -0.4 is 0 Å². The Bertz CT molecular complexity index is 322. The van der Waals surface area contributed by atoms with E-state index in [4.69, 9.17) is 0 Å². The topological polar surface area (TPSA) is 37.3 Å². The maximum Gasteiger partial charge on any atom is 0.309 e. The van der Waals surface area contributed by atoms with Crippen molar-refractivity contribution in [3.63, 3.8) is 0 Å². The Morgan fingerprint density at radius 1 is 0.654 bits per heavy atom. The van der Waals surface area contributed by atoms with Crippen molar-refractivity contribution in [2.75, 3.05) is 0 Å². The molecule has 0 saturated carbocycles. The maximum absolute atomic E-state index is 11.5. The van der Waals surface area contributed by atoms with Crippen LogP contribution in [0.5, 0.6) is 0 Å². The fourth-order valence-corrected chi connectivity index (χ4v) is 3.97. The predicted octanol–water partition coefficient (Wildman–Crippen LogP) is 8.38. The molecule has 26 heavy (non-hydrogen) atoms. The molecule has 0 aliphatic heterocycles. The molecule has 156 valence electrons. The zero-order valence-electron chi connectivity index (χ0n) is 18.5. The monoisotopic (exact) mass is 368 g/mol. The summed E-state index contributed by atoms with van der Waals surface area (Å²) < 4.78 is 0. The van der Waals surface area contributed by atoms with Gasteiger partial charge in [0.1, 0.15) is 0 Å². The lowest BCUT2D eigenvalue weighted by Crippen LogP contribution is -2.32. The second-order valence-corrected chi connectivity index (χ2v) is 8.90. The van der Waals surface area contributed by atoms with Gasteiger partial charge in [0.05, 0.1) is 5.41 Å². The van der Waals surface area contributed by atoms with Gasteiger partial charge in [-0.1, -0.05) is 110 Å². The Balaban J connectivity index is 3.53. The number of carboxylic acids is 1. The van der Waals surface area contributed by atoms with Crippen LogP contribution in [-0.2, 0) is 4.79 Å². The minimum atomic E-state index is -0.638. The molecule has 1 atom stereocenters. The molecule has 0 spiro atoms. The number of carbonyl (C=O) groups is 1. The lowest BCUT2D eigenvalue weighted by atomic mass is 9.74. The Hall–Kier alpha value is -0.530. The third-order valence-electron chi connectivity index (χ3n) is 6.12. The Morgan fingerprint density at radius 3 is 1.38 bits per heavy atom. The van der Waals surface area contributed by atoms with E-state index in [1.165, 1.54) is 89.9 Å². The highest BCUT2D eigenvalue weighted by Crippen LogP contribution is 2.35. The zero-order chi connectivity index (χ0) is 19.7. The Labute approximate surface area is 164 Å². The van der Waals surface area contributed by atoms with Gasteiger partial charge in [0, 0.05) is 0 Å². The fourth-order valence-electron chi connectivity index (χ4n) is 3.97. The van der Waals surface area contributed by atoms with Crippen LogP contribution >= 0.6 is 0 Å². The zero-order valence-corrected chi connectivity index (χ0v) is 18.5. The van der Waals surface area contributed by atoms with E-state index >= 15 is 0 Å². The molecule has 0 aromatic rings. The number of carboxylic acid groups (broad SMARTS) is 1. The van der Waals surface area contributed by atoms with Crippen LogP contribution in [0, 0.1) is 11.3 Å². The summed E-state index contributed by atoms with van der Waals surface area (Å²) in [6.45, 7) is 8.25. The minimum absolute atomic E-state index is 0.322. The quantitative estimate of drug-likeness (QED) is 0.232. The van der Waals surface area contributed by atoms with Crippen LogP contribution in [0.4, 0.5) is 0 Å². The molecule has 0 heterocycles. The highest BCUT2D eigenvalue weighted by molar-refractivity contribution is 5.74. The van der Waals surface area contributed by atoms with Crippen molar-refractivity contribution in [2.24, 2.45) is 11.3 Å². The van der Waals surface area contributed by atoms with E-state index in [1.807, 2.05) is 13.8 Å². The highest BCUT2D eigenvalue weighted by Gasteiger charge is 2.35. The SMILES string of the molecule is CCCCCCCCCCCCCCCCC(CCC)C(C)(C)C(=O)O. The largest absolute Gasteiger partial charge is 0.481 e. The van der Waals surface area contributed by atoms with E-state index in [-0.39, 0.29) is 0 Å². The van der Waals surface area contributed by atoms with Gasteiger partial charge < -0.3 is 5.11 Å². The predicted molar refractivity (Wildman–Crippen MR) is 115 cm³/mol. The van der Waals surface area contributed by atoms with Crippen LogP contribution in [0.2, 0.25) is 0 Å². The molecule has 0 fully saturated rings. The molecule has 0 aliphatic rings. The van der Waals surface area contributed by atoms with Gasteiger partial charge >= 0.3 is 5.97 Å². The van der Waals surface area contributed by atoms with Gasteiger partial charge in [-0.3, -0.25) is 4.79 Å². The van der Waals surface area contributed by atoms with Crippen LogP contribution in [-0.4, -0.2) is 11.1 Å². The number of rotatable bonds is 19. The van der Waals surface area contributed by atoms with E-state index in [9.17, 15) is 9.90 Å². The van der Waals surface area contributed by atoms with E-state index in [0.717, 1.165) is 19.3 Å². The highest BCUT2D eigenvalue weighted by atomic mass is 16.4. The maximum atomic E-state index is 11.5. The number of aliphatic carboxylic acids is 1. The van der Waals surface area contributed by atoms with Crippen molar-refractivity contribution in [1.82, 2.24) is 0 Å². The van der Waals surface area contributed by atoms with Crippen LogP contribution in [0.1, 0.15) is 137 Å². The minimum Gasteiger partial charge on any atom is -0.481 e. The number of hydrogen-bond donors (Lipinski definition) is 1. The summed E-state index contributed by atoms with van der Waals surface area (Å²) in [6.07, 6.45) is 22.5. The van der Waals surface area contributed by atoms with Crippen molar-refractivity contribution < 1.29 is 9.90 Å². The summed E-state index contributed by atoms with van der Waals surface area (Å²) in [7, 11) is 0. The molecule has 0 radical (unpaired) electrons.